The molecular formula is C29H41F2NO. The molecule has 1 atom stereocenters. The van der Waals surface area contributed by atoms with Crippen molar-refractivity contribution in [3.05, 3.63) is 70.8 Å². The highest BCUT2D eigenvalue weighted by molar-refractivity contribution is 5.34. The smallest absolute Gasteiger partial charge is 0.119 e. The summed E-state index contributed by atoms with van der Waals surface area (Å²) in [6.07, 6.45) is 9.93. The lowest BCUT2D eigenvalue weighted by Gasteiger charge is -2.42. The van der Waals surface area contributed by atoms with Gasteiger partial charge in [-0.1, -0.05) is 52.0 Å². The largest absolute Gasteiger partial charge is 0.392 e. The molecule has 33 heavy (non-hydrogen) atoms. The van der Waals surface area contributed by atoms with Crippen molar-refractivity contribution >= 4 is 0 Å². The maximum atomic E-state index is 13.7. The molecule has 2 aliphatic rings. The van der Waals surface area contributed by atoms with Gasteiger partial charge in [0.25, 0.3) is 0 Å². The second kappa shape index (κ2) is 11.1. The predicted octanol–water partition coefficient (Wildman–Crippen LogP) is 7.55. The monoisotopic (exact) mass is 457 g/mol. The number of halogens is 2. The van der Waals surface area contributed by atoms with Gasteiger partial charge in [-0.15, -0.1) is 0 Å². The Bertz CT molecular complexity index is 885. The van der Waals surface area contributed by atoms with Gasteiger partial charge >= 0.3 is 0 Å². The fourth-order valence-corrected chi connectivity index (χ4v) is 4.94. The van der Waals surface area contributed by atoms with E-state index in [1.807, 2.05) is 0 Å². The van der Waals surface area contributed by atoms with Gasteiger partial charge in [-0.05, 0) is 91.2 Å². The molecule has 1 saturated carbocycles. The number of allylic oxidation sites excluding steroid dienone is 6. The molecule has 0 aromatic heterocycles. The van der Waals surface area contributed by atoms with E-state index in [0.717, 1.165) is 18.8 Å². The molecule has 2 nitrogen and oxygen atoms in total. The minimum atomic E-state index is -0.493. The molecule has 0 heterocycles. The van der Waals surface area contributed by atoms with Crippen LogP contribution < -0.4 is 5.32 Å². The van der Waals surface area contributed by atoms with E-state index in [0.29, 0.717) is 31.4 Å². The van der Waals surface area contributed by atoms with Crippen LogP contribution in [0, 0.1) is 5.92 Å². The summed E-state index contributed by atoms with van der Waals surface area (Å²) in [5.74, 6) is 0.0236. The Morgan fingerprint density at radius 2 is 1.88 bits per heavy atom. The van der Waals surface area contributed by atoms with Crippen molar-refractivity contribution in [1.82, 2.24) is 5.32 Å². The van der Waals surface area contributed by atoms with Crippen LogP contribution in [0.25, 0.3) is 0 Å². The highest BCUT2D eigenvalue weighted by Crippen LogP contribution is 2.40. The molecule has 0 bridgehead atoms. The fourth-order valence-electron chi connectivity index (χ4n) is 4.94. The van der Waals surface area contributed by atoms with Crippen molar-refractivity contribution in [2.24, 2.45) is 5.92 Å². The highest BCUT2D eigenvalue weighted by Gasteiger charge is 2.36. The lowest BCUT2D eigenvalue weighted by molar-refractivity contribution is 0.122. The van der Waals surface area contributed by atoms with E-state index < -0.39 is 6.10 Å². The lowest BCUT2D eigenvalue weighted by atomic mass is 9.72. The molecule has 0 saturated heterocycles. The third-order valence-electron chi connectivity index (χ3n) is 7.25. The van der Waals surface area contributed by atoms with Crippen molar-refractivity contribution in [2.45, 2.75) is 96.1 Å². The molecule has 3 rings (SSSR count). The van der Waals surface area contributed by atoms with Crippen molar-refractivity contribution in [3.63, 3.8) is 0 Å². The zero-order valence-corrected chi connectivity index (χ0v) is 20.8. The number of rotatable bonds is 8. The average molecular weight is 458 g/mol. The summed E-state index contributed by atoms with van der Waals surface area (Å²) < 4.78 is 27.3. The maximum absolute atomic E-state index is 13.7. The third kappa shape index (κ3) is 7.35. The molecule has 1 aromatic carbocycles. The normalized spacial score (nSPS) is 25.1. The minimum Gasteiger partial charge on any atom is -0.392 e. The van der Waals surface area contributed by atoms with Gasteiger partial charge in [0.1, 0.15) is 11.7 Å². The number of hydrogen-bond acceptors (Lipinski definition) is 2. The molecule has 0 spiro atoms. The van der Waals surface area contributed by atoms with Gasteiger partial charge in [0.05, 0.1) is 6.10 Å². The molecule has 0 amide bonds. The van der Waals surface area contributed by atoms with Gasteiger partial charge in [0.15, 0.2) is 0 Å². The number of nitrogens with one attached hydrogen (secondary N) is 1. The SMILES string of the molecule is CC1CCC(NCC(O)CCCC2=CC(F)=CCC(F)=C2)(c2cccc(C(C)(C)C)c2)CC1. The number of aliphatic hydroxyl groups excluding tert-OH is 1. The van der Waals surface area contributed by atoms with Crippen LogP contribution in [0.2, 0.25) is 0 Å². The van der Waals surface area contributed by atoms with E-state index in [1.54, 1.807) is 0 Å². The summed E-state index contributed by atoms with van der Waals surface area (Å²) in [5.41, 5.74) is 3.28. The second-order valence-electron chi connectivity index (χ2n) is 11.1. The first-order chi connectivity index (χ1) is 15.6. The van der Waals surface area contributed by atoms with Crippen LogP contribution in [0.15, 0.2) is 59.7 Å². The Morgan fingerprint density at radius 1 is 1.15 bits per heavy atom. The summed E-state index contributed by atoms with van der Waals surface area (Å²) >= 11 is 0. The van der Waals surface area contributed by atoms with E-state index in [1.165, 1.54) is 42.2 Å². The Morgan fingerprint density at radius 3 is 2.58 bits per heavy atom. The van der Waals surface area contributed by atoms with Gasteiger partial charge in [-0.25, -0.2) is 8.78 Å². The van der Waals surface area contributed by atoms with Crippen LogP contribution in [0.3, 0.4) is 0 Å². The molecular weight excluding hydrogens is 416 g/mol. The lowest BCUT2D eigenvalue weighted by Crippen LogP contribution is -2.48. The quantitative estimate of drug-likeness (QED) is 0.422. The minimum absolute atomic E-state index is 0.00942. The van der Waals surface area contributed by atoms with E-state index >= 15 is 0 Å². The maximum Gasteiger partial charge on any atom is 0.119 e. The van der Waals surface area contributed by atoms with Gasteiger partial charge in [0.2, 0.25) is 0 Å². The summed E-state index contributed by atoms with van der Waals surface area (Å²) in [7, 11) is 0. The van der Waals surface area contributed by atoms with E-state index in [2.05, 4.69) is 57.3 Å². The van der Waals surface area contributed by atoms with Crippen molar-refractivity contribution in [2.75, 3.05) is 6.54 Å². The Balaban J connectivity index is 1.62. The molecule has 2 N–H and O–H groups in total. The third-order valence-corrected chi connectivity index (χ3v) is 7.25. The van der Waals surface area contributed by atoms with Crippen LogP contribution in [0.4, 0.5) is 8.78 Å². The van der Waals surface area contributed by atoms with Crippen LogP contribution in [0.1, 0.15) is 90.2 Å². The van der Waals surface area contributed by atoms with Gasteiger partial charge in [-0.3, -0.25) is 0 Å². The van der Waals surface area contributed by atoms with E-state index in [-0.39, 0.29) is 29.0 Å². The molecule has 1 aromatic rings. The van der Waals surface area contributed by atoms with Crippen LogP contribution in [0.5, 0.6) is 0 Å². The molecule has 0 radical (unpaired) electrons. The van der Waals surface area contributed by atoms with Crippen LogP contribution in [-0.4, -0.2) is 17.8 Å². The average Bonchev–Trinajstić information content (AvgIpc) is 2.93. The zero-order valence-electron chi connectivity index (χ0n) is 20.8. The summed E-state index contributed by atoms with van der Waals surface area (Å²) in [4.78, 5) is 0. The van der Waals surface area contributed by atoms with Crippen molar-refractivity contribution in [1.29, 1.82) is 0 Å². The highest BCUT2D eigenvalue weighted by atomic mass is 19.1. The molecule has 1 unspecified atom stereocenters. The van der Waals surface area contributed by atoms with Crippen LogP contribution in [-0.2, 0) is 11.0 Å². The molecule has 182 valence electrons. The molecule has 1 fully saturated rings. The second-order valence-corrected chi connectivity index (χ2v) is 11.1. The topological polar surface area (TPSA) is 32.3 Å². The summed E-state index contributed by atoms with van der Waals surface area (Å²) in [5, 5.41) is 14.5. The molecule has 2 aliphatic carbocycles. The van der Waals surface area contributed by atoms with Crippen molar-refractivity contribution in [3.8, 4) is 0 Å². The van der Waals surface area contributed by atoms with E-state index in [4.69, 9.17) is 0 Å². The first kappa shape index (κ1) is 25.8. The number of hydrogen-bond donors (Lipinski definition) is 2. The number of benzene rings is 1. The predicted molar refractivity (Wildman–Crippen MR) is 133 cm³/mol. The van der Waals surface area contributed by atoms with Gasteiger partial charge in [-0.2, -0.15) is 0 Å². The first-order valence-corrected chi connectivity index (χ1v) is 12.5. The Labute approximate surface area is 198 Å². The Kier molecular flexibility index (Phi) is 8.69. The van der Waals surface area contributed by atoms with Gasteiger partial charge in [0, 0.05) is 18.5 Å². The first-order valence-electron chi connectivity index (χ1n) is 12.5. The fraction of sp³-hybridized carbons (Fsp3) is 0.586. The molecule has 4 heteroatoms. The van der Waals surface area contributed by atoms with E-state index in [9.17, 15) is 13.9 Å². The zero-order chi connectivity index (χ0) is 24.1. The number of aliphatic hydroxyl groups is 1. The summed E-state index contributed by atoms with van der Waals surface area (Å²) in [6, 6.07) is 8.94. The van der Waals surface area contributed by atoms with Gasteiger partial charge < -0.3 is 10.4 Å². The van der Waals surface area contributed by atoms with Crippen LogP contribution >= 0.6 is 0 Å². The molecule has 0 aliphatic heterocycles. The standard InChI is InChI=1S/C29H41F2NO/c1-21-13-15-29(16-14-21,24-9-6-8-23(19-24)28(2,3)4)32-20-27(33)10-5-7-22-17-25(30)11-12-26(31)18-22/h6,8-9,11,17-19,21,27,32-33H,5,7,10,12-16,20H2,1-4H3. The summed E-state index contributed by atoms with van der Waals surface area (Å²) in [6.45, 7) is 9.57. The Hall–Kier alpha value is -1.78. The van der Waals surface area contributed by atoms with Crippen molar-refractivity contribution < 1.29 is 13.9 Å².